The van der Waals surface area contributed by atoms with Gasteiger partial charge in [0.25, 0.3) is 5.91 Å². The lowest BCUT2D eigenvalue weighted by Gasteiger charge is -2.16. The summed E-state index contributed by atoms with van der Waals surface area (Å²) in [6, 6.07) is 11.9. The van der Waals surface area contributed by atoms with Crippen LogP contribution in [0.15, 0.2) is 48.8 Å². The molecule has 7 nitrogen and oxygen atoms in total. The van der Waals surface area contributed by atoms with E-state index < -0.39 is 6.10 Å². The van der Waals surface area contributed by atoms with E-state index in [9.17, 15) is 4.79 Å². The number of anilines is 1. The molecule has 0 bridgehead atoms. The third-order valence-electron chi connectivity index (χ3n) is 3.30. The van der Waals surface area contributed by atoms with Crippen LogP contribution < -0.4 is 10.1 Å². The first-order chi connectivity index (χ1) is 12.0. The van der Waals surface area contributed by atoms with Gasteiger partial charge in [0.2, 0.25) is 0 Å². The molecule has 9 heteroatoms. The van der Waals surface area contributed by atoms with E-state index in [0.29, 0.717) is 27.2 Å². The van der Waals surface area contributed by atoms with Crippen LogP contribution in [-0.4, -0.2) is 32.2 Å². The lowest BCUT2D eigenvalue weighted by Crippen LogP contribution is -2.30. The number of ether oxygens (including phenoxy) is 1. The minimum absolute atomic E-state index is 0.350. The Hall–Kier alpha value is -2.64. The van der Waals surface area contributed by atoms with E-state index in [1.807, 2.05) is 6.07 Å². The Morgan fingerprint density at radius 1 is 1.24 bits per heavy atom. The second-order valence-corrected chi connectivity index (χ2v) is 5.97. The van der Waals surface area contributed by atoms with Crippen molar-refractivity contribution in [3.8, 4) is 11.4 Å². The van der Waals surface area contributed by atoms with Crippen LogP contribution in [0.5, 0.6) is 5.75 Å². The number of carbonyl (C=O) groups excluding carboxylic acids is 1. The van der Waals surface area contributed by atoms with Crippen molar-refractivity contribution < 1.29 is 9.53 Å². The number of carbonyl (C=O) groups is 1. The van der Waals surface area contributed by atoms with E-state index >= 15 is 0 Å². The Labute approximate surface area is 153 Å². The zero-order valence-electron chi connectivity index (χ0n) is 13.1. The molecule has 1 amide bonds. The molecular weight excluding hydrogens is 365 g/mol. The van der Waals surface area contributed by atoms with Crippen LogP contribution in [-0.2, 0) is 4.79 Å². The fraction of sp³-hybridized carbons (Fsp3) is 0.125. The third-order valence-corrected chi connectivity index (χ3v) is 3.86. The molecule has 0 aliphatic carbocycles. The van der Waals surface area contributed by atoms with E-state index in [1.165, 1.54) is 11.0 Å². The number of amides is 1. The van der Waals surface area contributed by atoms with Crippen molar-refractivity contribution in [1.29, 1.82) is 0 Å². The molecule has 3 aromatic rings. The summed E-state index contributed by atoms with van der Waals surface area (Å²) in [5.74, 6) is 0.157. The van der Waals surface area contributed by atoms with Crippen LogP contribution in [0.3, 0.4) is 0 Å². The average Bonchev–Trinajstić information content (AvgIpc) is 3.13. The Balaban J connectivity index is 1.69. The number of nitrogens with zero attached hydrogens (tertiary/aromatic N) is 4. The molecule has 0 spiro atoms. The fourth-order valence-corrected chi connectivity index (χ4v) is 2.40. The lowest BCUT2D eigenvalue weighted by atomic mass is 10.2. The zero-order valence-corrected chi connectivity index (χ0v) is 14.6. The van der Waals surface area contributed by atoms with E-state index in [4.69, 9.17) is 27.9 Å². The first-order valence-electron chi connectivity index (χ1n) is 7.29. The van der Waals surface area contributed by atoms with Crippen LogP contribution in [0, 0.1) is 0 Å². The van der Waals surface area contributed by atoms with Crippen molar-refractivity contribution in [2.45, 2.75) is 13.0 Å². The third kappa shape index (κ3) is 4.26. The highest BCUT2D eigenvalue weighted by Crippen LogP contribution is 2.26. The van der Waals surface area contributed by atoms with Crippen molar-refractivity contribution in [2.24, 2.45) is 0 Å². The summed E-state index contributed by atoms with van der Waals surface area (Å²) in [5.41, 5.74) is 1.14. The summed E-state index contributed by atoms with van der Waals surface area (Å²) in [7, 11) is 0. The highest BCUT2D eigenvalue weighted by molar-refractivity contribution is 6.35. The largest absolute Gasteiger partial charge is 0.481 e. The first-order valence-corrected chi connectivity index (χ1v) is 8.04. The predicted octanol–water partition coefficient (Wildman–Crippen LogP) is 3.38. The van der Waals surface area contributed by atoms with E-state index in [1.54, 1.807) is 43.3 Å². The fourth-order valence-electron chi connectivity index (χ4n) is 2.06. The monoisotopic (exact) mass is 377 g/mol. The molecule has 0 aliphatic rings. The average molecular weight is 378 g/mol. The van der Waals surface area contributed by atoms with Crippen LogP contribution in [0.4, 0.5) is 5.69 Å². The molecule has 1 N–H and O–H groups in total. The molecule has 0 fully saturated rings. The maximum Gasteiger partial charge on any atom is 0.265 e. The Kier molecular flexibility index (Phi) is 5.16. The Morgan fingerprint density at radius 3 is 2.84 bits per heavy atom. The summed E-state index contributed by atoms with van der Waals surface area (Å²) < 4.78 is 7.18. The van der Waals surface area contributed by atoms with Crippen LogP contribution in [0.25, 0.3) is 5.69 Å². The van der Waals surface area contributed by atoms with Gasteiger partial charge in [0.05, 0.1) is 16.4 Å². The number of aromatic nitrogens is 4. The van der Waals surface area contributed by atoms with Gasteiger partial charge in [0.1, 0.15) is 12.1 Å². The molecule has 128 valence electrons. The van der Waals surface area contributed by atoms with Gasteiger partial charge in [-0.05, 0) is 47.7 Å². The van der Waals surface area contributed by atoms with Crippen LogP contribution in [0.2, 0.25) is 10.0 Å². The van der Waals surface area contributed by atoms with Gasteiger partial charge in [-0.2, -0.15) is 0 Å². The summed E-state index contributed by atoms with van der Waals surface area (Å²) >= 11 is 12.0. The maximum absolute atomic E-state index is 12.3. The molecular formula is C16H13Cl2N5O2. The number of tetrazole rings is 1. The van der Waals surface area contributed by atoms with Gasteiger partial charge in [-0.3, -0.25) is 4.79 Å². The van der Waals surface area contributed by atoms with Crippen molar-refractivity contribution >= 4 is 34.8 Å². The predicted molar refractivity (Wildman–Crippen MR) is 94.3 cm³/mol. The molecule has 0 saturated heterocycles. The summed E-state index contributed by atoms with van der Waals surface area (Å²) in [6.07, 6.45) is 0.718. The van der Waals surface area contributed by atoms with Gasteiger partial charge < -0.3 is 10.1 Å². The lowest BCUT2D eigenvalue weighted by molar-refractivity contribution is -0.122. The molecule has 2 aromatic carbocycles. The van der Waals surface area contributed by atoms with E-state index in [0.717, 1.165) is 0 Å². The molecule has 0 aliphatic heterocycles. The first kappa shape index (κ1) is 17.2. The van der Waals surface area contributed by atoms with Crippen molar-refractivity contribution in [2.75, 3.05) is 5.32 Å². The number of benzene rings is 2. The number of rotatable bonds is 5. The van der Waals surface area contributed by atoms with E-state index in [-0.39, 0.29) is 5.91 Å². The smallest absolute Gasteiger partial charge is 0.265 e. The molecule has 1 aromatic heterocycles. The Morgan fingerprint density at radius 2 is 2.08 bits per heavy atom. The van der Waals surface area contributed by atoms with Crippen LogP contribution >= 0.6 is 23.2 Å². The number of hydrogen-bond donors (Lipinski definition) is 1. The maximum atomic E-state index is 12.3. The van der Waals surface area contributed by atoms with Crippen molar-refractivity contribution in [3.05, 3.63) is 58.8 Å². The highest BCUT2D eigenvalue weighted by Gasteiger charge is 2.16. The minimum Gasteiger partial charge on any atom is -0.481 e. The van der Waals surface area contributed by atoms with Gasteiger partial charge in [0.15, 0.2) is 6.10 Å². The van der Waals surface area contributed by atoms with Gasteiger partial charge in [0, 0.05) is 11.1 Å². The molecule has 3 rings (SSSR count). The zero-order chi connectivity index (χ0) is 17.8. The van der Waals surface area contributed by atoms with Gasteiger partial charge in [-0.1, -0.05) is 29.3 Å². The van der Waals surface area contributed by atoms with Gasteiger partial charge in [-0.25, -0.2) is 4.68 Å². The topological polar surface area (TPSA) is 81.9 Å². The summed E-state index contributed by atoms with van der Waals surface area (Å²) in [4.78, 5) is 12.3. The number of halogens is 2. The molecule has 25 heavy (non-hydrogen) atoms. The molecule has 1 heterocycles. The number of nitrogens with one attached hydrogen (secondary N) is 1. The summed E-state index contributed by atoms with van der Waals surface area (Å²) in [5, 5.41) is 14.5. The van der Waals surface area contributed by atoms with Gasteiger partial charge >= 0.3 is 0 Å². The number of hydrogen-bond acceptors (Lipinski definition) is 5. The second kappa shape index (κ2) is 7.50. The molecule has 0 unspecified atom stereocenters. The SMILES string of the molecule is C[C@H](Oc1cccc(-n2cnnn2)c1)C(=O)Nc1cc(Cl)ccc1Cl. The normalized spacial score (nSPS) is 11.8. The second-order valence-electron chi connectivity index (χ2n) is 5.13. The molecule has 0 saturated carbocycles. The molecule has 1 atom stereocenters. The van der Waals surface area contributed by atoms with Crippen molar-refractivity contribution in [3.63, 3.8) is 0 Å². The van der Waals surface area contributed by atoms with Crippen molar-refractivity contribution in [1.82, 2.24) is 20.2 Å². The summed E-state index contributed by atoms with van der Waals surface area (Å²) in [6.45, 7) is 1.64. The minimum atomic E-state index is -0.751. The quantitative estimate of drug-likeness (QED) is 0.736. The Bertz CT molecular complexity index is 886. The standard InChI is InChI=1S/C16H13Cl2N5O2/c1-10(16(24)20-15-7-11(17)5-6-14(15)18)25-13-4-2-3-12(8-13)23-9-19-21-22-23/h2-10H,1H3,(H,20,24)/t10-/m0/s1. The molecule has 0 radical (unpaired) electrons. The van der Waals surface area contributed by atoms with E-state index in [2.05, 4.69) is 20.8 Å². The van der Waals surface area contributed by atoms with Gasteiger partial charge in [-0.15, -0.1) is 5.10 Å². The highest BCUT2D eigenvalue weighted by atomic mass is 35.5. The van der Waals surface area contributed by atoms with Crippen LogP contribution in [0.1, 0.15) is 6.92 Å².